The maximum absolute atomic E-state index is 11.5. The second-order valence-electron chi connectivity index (χ2n) is 3.51. The van der Waals surface area contributed by atoms with Crippen LogP contribution in [0.3, 0.4) is 0 Å². The average Bonchev–Trinajstić information content (AvgIpc) is 2.60. The van der Waals surface area contributed by atoms with Crippen molar-refractivity contribution in [3.63, 3.8) is 0 Å². The summed E-state index contributed by atoms with van der Waals surface area (Å²) >= 11 is 0. The molecule has 0 radical (unpaired) electrons. The number of aliphatic hydroxyl groups excluding tert-OH is 1. The highest BCUT2D eigenvalue weighted by molar-refractivity contribution is 5.83. The van der Waals surface area contributed by atoms with Gasteiger partial charge in [0.05, 0.1) is 12.7 Å². The van der Waals surface area contributed by atoms with E-state index in [1.54, 1.807) is 0 Å². The van der Waals surface area contributed by atoms with E-state index < -0.39 is 18.0 Å². The number of hydrogen-bond donors (Lipinski definition) is 2. The van der Waals surface area contributed by atoms with Crippen molar-refractivity contribution in [3.8, 4) is 0 Å². The summed E-state index contributed by atoms with van der Waals surface area (Å²) < 4.78 is 6.28. The summed E-state index contributed by atoms with van der Waals surface area (Å²) in [6.07, 6.45) is -0.106. The van der Waals surface area contributed by atoms with Crippen LogP contribution in [-0.4, -0.2) is 33.2 Å². The van der Waals surface area contributed by atoms with E-state index in [-0.39, 0.29) is 24.6 Å². The Morgan fingerprint density at radius 2 is 2.38 bits per heavy atom. The molecule has 1 fully saturated rings. The van der Waals surface area contributed by atoms with Crippen LogP contribution in [0.15, 0.2) is 17.1 Å². The molecule has 0 saturated carbocycles. The van der Waals surface area contributed by atoms with Crippen molar-refractivity contribution in [3.05, 3.63) is 22.7 Å². The molecule has 16 heavy (non-hydrogen) atoms. The molecule has 7 nitrogen and oxygen atoms in total. The van der Waals surface area contributed by atoms with Crippen molar-refractivity contribution >= 4 is 11.6 Å². The second kappa shape index (κ2) is 4.03. The first-order chi connectivity index (χ1) is 7.61. The molecule has 1 aliphatic rings. The molecule has 3 N–H and O–H groups in total. The van der Waals surface area contributed by atoms with E-state index in [2.05, 4.69) is 4.98 Å². The lowest BCUT2D eigenvalue weighted by molar-refractivity contribution is -0.127. The van der Waals surface area contributed by atoms with Crippen LogP contribution in [0.5, 0.6) is 0 Å². The van der Waals surface area contributed by atoms with Crippen molar-refractivity contribution in [2.75, 3.05) is 12.3 Å². The zero-order valence-electron chi connectivity index (χ0n) is 8.37. The minimum Gasteiger partial charge on any atom is -0.394 e. The number of nitrogen functional groups attached to an aromatic ring is 1. The summed E-state index contributed by atoms with van der Waals surface area (Å²) in [4.78, 5) is 26.5. The number of ketones is 1. The first kappa shape index (κ1) is 10.8. The number of ether oxygens (including phenoxy) is 1. The van der Waals surface area contributed by atoms with Crippen LogP contribution in [0.4, 0.5) is 5.82 Å². The lowest BCUT2D eigenvalue weighted by Crippen LogP contribution is -2.30. The first-order valence-electron chi connectivity index (χ1n) is 4.75. The van der Waals surface area contributed by atoms with Crippen molar-refractivity contribution in [2.45, 2.75) is 18.8 Å². The number of nitrogens with zero attached hydrogens (tertiary/aromatic N) is 2. The molecule has 7 heteroatoms. The van der Waals surface area contributed by atoms with E-state index >= 15 is 0 Å². The Balaban J connectivity index is 2.31. The van der Waals surface area contributed by atoms with E-state index in [1.165, 1.54) is 12.3 Å². The van der Waals surface area contributed by atoms with Gasteiger partial charge >= 0.3 is 5.69 Å². The number of aromatic nitrogens is 2. The summed E-state index contributed by atoms with van der Waals surface area (Å²) in [6, 6.07) is 1.41. The van der Waals surface area contributed by atoms with Crippen LogP contribution in [-0.2, 0) is 9.53 Å². The van der Waals surface area contributed by atoms with E-state index in [4.69, 9.17) is 15.6 Å². The smallest absolute Gasteiger partial charge is 0.351 e. The van der Waals surface area contributed by atoms with Crippen molar-refractivity contribution in [2.24, 2.45) is 0 Å². The number of rotatable bonds is 2. The van der Waals surface area contributed by atoms with E-state index in [0.717, 1.165) is 4.57 Å². The number of nitrogens with two attached hydrogens (primary N) is 1. The third kappa shape index (κ3) is 1.82. The minimum absolute atomic E-state index is 0.0883. The normalized spacial score (nSPS) is 24.9. The molecule has 1 aliphatic heterocycles. The van der Waals surface area contributed by atoms with Gasteiger partial charge in [-0.25, -0.2) is 4.79 Å². The van der Waals surface area contributed by atoms with E-state index in [9.17, 15) is 9.59 Å². The van der Waals surface area contributed by atoms with Gasteiger partial charge in [-0.2, -0.15) is 4.98 Å². The van der Waals surface area contributed by atoms with Gasteiger partial charge in [0.1, 0.15) is 5.82 Å². The first-order valence-corrected chi connectivity index (χ1v) is 4.75. The Kier molecular flexibility index (Phi) is 2.71. The third-order valence-electron chi connectivity index (χ3n) is 2.33. The molecule has 1 aromatic heterocycles. The van der Waals surface area contributed by atoms with Gasteiger partial charge < -0.3 is 15.6 Å². The van der Waals surface area contributed by atoms with Crippen LogP contribution in [0.2, 0.25) is 0 Å². The zero-order valence-corrected chi connectivity index (χ0v) is 8.37. The number of aliphatic hydroxyl groups is 1. The Hall–Kier alpha value is -1.73. The van der Waals surface area contributed by atoms with E-state index in [0.29, 0.717) is 0 Å². The second-order valence-corrected chi connectivity index (χ2v) is 3.51. The van der Waals surface area contributed by atoms with Crippen LogP contribution in [0.1, 0.15) is 12.6 Å². The van der Waals surface area contributed by atoms with Gasteiger partial charge in [-0.3, -0.25) is 9.36 Å². The monoisotopic (exact) mass is 225 g/mol. The summed E-state index contributed by atoms with van der Waals surface area (Å²) in [5.41, 5.74) is 4.68. The number of Topliss-reactive ketones (excluding diaryl/α,β-unsaturated/α-hetero) is 1. The molecule has 86 valence electrons. The van der Waals surface area contributed by atoms with Crippen LogP contribution in [0.25, 0.3) is 0 Å². The quantitative estimate of drug-likeness (QED) is 0.646. The van der Waals surface area contributed by atoms with Gasteiger partial charge in [-0.05, 0) is 6.07 Å². The van der Waals surface area contributed by atoms with Gasteiger partial charge in [0, 0.05) is 12.6 Å². The molecule has 2 atom stereocenters. The fraction of sp³-hybridized carbons (Fsp3) is 0.444. The minimum atomic E-state index is -1.00. The zero-order chi connectivity index (χ0) is 11.7. The van der Waals surface area contributed by atoms with Gasteiger partial charge in [-0.15, -0.1) is 0 Å². The summed E-state index contributed by atoms with van der Waals surface area (Å²) in [7, 11) is 0. The largest absolute Gasteiger partial charge is 0.394 e. The van der Waals surface area contributed by atoms with Gasteiger partial charge in [-0.1, -0.05) is 0 Å². The molecular weight excluding hydrogens is 214 g/mol. The molecule has 1 unspecified atom stereocenters. The fourth-order valence-electron chi connectivity index (χ4n) is 1.56. The topological polar surface area (TPSA) is 107 Å². The third-order valence-corrected chi connectivity index (χ3v) is 2.33. The predicted molar refractivity (Wildman–Crippen MR) is 53.5 cm³/mol. The SMILES string of the molecule is Nc1ccn(C2O[C@H](CO)CC2=O)c(=O)n1. The Labute approximate surface area is 90.5 Å². The maximum Gasteiger partial charge on any atom is 0.351 e. The molecule has 0 spiro atoms. The lowest BCUT2D eigenvalue weighted by atomic mass is 10.2. The summed E-state index contributed by atoms with van der Waals surface area (Å²) in [6.45, 7) is -0.251. The van der Waals surface area contributed by atoms with Crippen molar-refractivity contribution in [1.82, 2.24) is 9.55 Å². The maximum atomic E-state index is 11.5. The Morgan fingerprint density at radius 1 is 1.62 bits per heavy atom. The Bertz CT molecular complexity index is 470. The molecule has 2 rings (SSSR count). The summed E-state index contributed by atoms with van der Waals surface area (Å²) in [5.74, 6) is -0.168. The van der Waals surface area contributed by atoms with Gasteiger partial charge in [0.15, 0.2) is 12.0 Å². The number of hydrogen-bond acceptors (Lipinski definition) is 6. The average molecular weight is 225 g/mol. The van der Waals surface area contributed by atoms with Crippen molar-refractivity contribution in [1.29, 1.82) is 0 Å². The molecular formula is C9H11N3O4. The van der Waals surface area contributed by atoms with E-state index in [1.807, 2.05) is 0 Å². The molecule has 2 heterocycles. The Morgan fingerprint density at radius 3 is 2.94 bits per heavy atom. The number of carbonyl (C=O) groups excluding carboxylic acids is 1. The lowest BCUT2D eigenvalue weighted by Gasteiger charge is -2.12. The molecule has 0 aliphatic carbocycles. The van der Waals surface area contributed by atoms with Crippen LogP contribution in [0, 0.1) is 0 Å². The number of anilines is 1. The van der Waals surface area contributed by atoms with Crippen LogP contribution < -0.4 is 11.4 Å². The molecule has 0 aromatic carbocycles. The standard InChI is InChI=1S/C9H11N3O4/c10-7-1-2-12(9(15)11-7)8-6(14)3-5(4-13)16-8/h1-2,5,8,13H,3-4H2,(H2,10,11,15)/t5-,8?/m0/s1. The highest BCUT2D eigenvalue weighted by Gasteiger charge is 2.34. The molecule has 1 aromatic rings. The summed E-state index contributed by atoms with van der Waals surface area (Å²) in [5, 5.41) is 8.86. The van der Waals surface area contributed by atoms with Gasteiger partial charge in [0.2, 0.25) is 0 Å². The predicted octanol–water partition coefficient (Wildman–Crippen LogP) is -1.33. The highest BCUT2D eigenvalue weighted by atomic mass is 16.5. The van der Waals surface area contributed by atoms with Crippen molar-refractivity contribution < 1.29 is 14.6 Å². The van der Waals surface area contributed by atoms with Gasteiger partial charge in [0.25, 0.3) is 0 Å². The molecule has 1 saturated heterocycles. The molecule has 0 amide bonds. The molecule has 0 bridgehead atoms. The van der Waals surface area contributed by atoms with Crippen LogP contribution >= 0.6 is 0 Å². The fourth-order valence-corrected chi connectivity index (χ4v) is 1.56. The number of carbonyl (C=O) groups is 1. The highest BCUT2D eigenvalue weighted by Crippen LogP contribution is 2.23.